The van der Waals surface area contributed by atoms with Crippen LogP contribution in [-0.2, 0) is 21.4 Å². The Morgan fingerprint density at radius 1 is 1.19 bits per heavy atom. The molecule has 0 aromatic heterocycles. The summed E-state index contributed by atoms with van der Waals surface area (Å²) in [6.45, 7) is 1.44. The van der Waals surface area contributed by atoms with Crippen LogP contribution in [0.4, 0.5) is 4.39 Å². The second kappa shape index (κ2) is 8.96. The minimum absolute atomic E-state index is 0.0183. The highest BCUT2D eigenvalue weighted by Gasteiger charge is 2.22. The second-order valence-corrected chi connectivity index (χ2v) is 8.17. The molecular weight excluding hydrogens is 371 g/mol. The fourth-order valence-electron chi connectivity index (χ4n) is 2.63. The monoisotopic (exact) mass is 394 g/mol. The van der Waals surface area contributed by atoms with Crippen LogP contribution in [0.5, 0.6) is 5.75 Å². The molecule has 2 rings (SSSR count). The average Bonchev–Trinajstić information content (AvgIpc) is 2.62. The smallest absolute Gasteiger partial charge is 0.235 e. The molecule has 0 saturated carbocycles. The number of benzene rings is 2. The summed E-state index contributed by atoms with van der Waals surface area (Å²) in [6.07, 6.45) is 1.04. The Kier molecular flexibility index (Phi) is 6.92. The summed E-state index contributed by atoms with van der Waals surface area (Å²) in [6, 6.07) is 12.4. The zero-order valence-corrected chi connectivity index (χ0v) is 16.3. The number of carbonyl (C=O) groups is 1. The number of hydrogen-bond donors (Lipinski definition) is 1. The Balaban J connectivity index is 2.08. The lowest BCUT2D eigenvalue weighted by atomic mass is 10.1. The Hall–Kier alpha value is -2.45. The van der Waals surface area contributed by atoms with Crippen LogP contribution in [0, 0.1) is 5.82 Å². The van der Waals surface area contributed by atoms with Gasteiger partial charge < -0.3 is 10.1 Å². The highest BCUT2D eigenvalue weighted by molar-refractivity contribution is 7.88. The molecule has 0 aliphatic carbocycles. The zero-order chi connectivity index (χ0) is 20.0. The van der Waals surface area contributed by atoms with E-state index >= 15 is 0 Å². The van der Waals surface area contributed by atoms with Gasteiger partial charge >= 0.3 is 0 Å². The molecule has 1 unspecified atom stereocenters. The molecule has 2 aromatic carbocycles. The molecule has 1 amide bonds. The predicted octanol–water partition coefficient (Wildman–Crippen LogP) is 2.47. The van der Waals surface area contributed by atoms with E-state index in [9.17, 15) is 17.6 Å². The predicted molar refractivity (Wildman–Crippen MR) is 101 cm³/mol. The quantitative estimate of drug-likeness (QED) is 0.746. The minimum atomic E-state index is -3.63. The fourth-order valence-corrected chi connectivity index (χ4v) is 3.37. The van der Waals surface area contributed by atoms with E-state index in [1.165, 1.54) is 24.3 Å². The van der Waals surface area contributed by atoms with Gasteiger partial charge in [-0.15, -0.1) is 0 Å². The lowest BCUT2D eigenvalue weighted by molar-refractivity contribution is -0.122. The summed E-state index contributed by atoms with van der Waals surface area (Å²) in [5.74, 6) is -0.217. The molecule has 2 aromatic rings. The van der Waals surface area contributed by atoms with Crippen LogP contribution in [0.1, 0.15) is 24.1 Å². The highest BCUT2D eigenvalue weighted by atomic mass is 32.2. The fraction of sp³-hybridized carbons (Fsp3) is 0.316. The van der Waals surface area contributed by atoms with Crippen LogP contribution in [0.2, 0.25) is 0 Å². The summed E-state index contributed by atoms with van der Waals surface area (Å²) < 4.78 is 43.5. The molecule has 6 nitrogen and oxygen atoms in total. The standard InChI is InChI=1S/C19H23FN2O4S/c1-14(17-6-4-5-7-18(17)26-2)21-19(23)13-22(27(3,24)25)12-15-8-10-16(20)11-9-15/h4-11,14H,12-13H2,1-3H3,(H,21,23). The molecule has 0 aliphatic heterocycles. The van der Waals surface area contributed by atoms with Crippen LogP contribution < -0.4 is 10.1 Å². The van der Waals surface area contributed by atoms with Crippen molar-refractivity contribution in [3.8, 4) is 5.75 Å². The molecule has 1 N–H and O–H groups in total. The van der Waals surface area contributed by atoms with Crippen LogP contribution >= 0.6 is 0 Å². The number of nitrogens with one attached hydrogen (secondary N) is 1. The highest BCUT2D eigenvalue weighted by Crippen LogP contribution is 2.24. The Morgan fingerprint density at radius 2 is 1.81 bits per heavy atom. The van der Waals surface area contributed by atoms with Crippen molar-refractivity contribution in [3.63, 3.8) is 0 Å². The first-order valence-electron chi connectivity index (χ1n) is 8.32. The number of sulfonamides is 1. The Morgan fingerprint density at radius 3 is 2.41 bits per heavy atom. The molecule has 8 heteroatoms. The summed E-state index contributed by atoms with van der Waals surface area (Å²) >= 11 is 0. The Bertz CT molecular complexity index is 885. The maximum absolute atomic E-state index is 13.0. The number of amides is 1. The summed E-state index contributed by atoms with van der Waals surface area (Å²) in [7, 11) is -2.08. The van der Waals surface area contributed by atoms with Gasteiger partial charge in [-0.2, -0.15) is 4.31 Å². The summed E-state index contributed by atoms with van der Waals surface area (Å²) in [4.78, 5) is 12.4. The topological polar surface area (TPSA) is 75.7 Å². The molecule has 0 radical (unpaired) electrons. The number of carbonyl (C=O) groups excluding carboxylic acids is 1. The van der Waals surface area contributed by atoms with Gasteiger partial charge in [0.25, 0.3) is 0 Å². The van der Waals surface area contributed by atoms with Crippen LogP contribution in [-0.4, -0.2) is 38.5 Å². The van der Waals surface area contributed by atoms with E-state index in [0.29, 0.717) is 11.3 Å². The van der Waals surface area contributed by atoms with E-state index < -0.39 is 21.7 Å². The van der Waals surface area contributed by atoms with Gasteiger partial charge in [0.1, 0.15) is 11.6 Å². The van der Waals surface area contributed by atoms with Crippen molar-refractivity contribution in [2.45, 2.75) is 19.5 Å². The maximum Gasteiger partial charge on any atom is 0.235 e. The molecule has 0 spiro atoms. The first kappa shape index (κ1) is 20.9. The SMILES string of the molecule is COc1ccccc1C(C)NC(=O)CN(Cc1ccc(F)cc1)S(C)(=O)=O. The van der Waals surface area contributed by atoms with E-state index in [-0.39, 0.29) is 19.1 Å². The number of nitrogens with zero attached hydrogens (tertiary/aromatic N) is 1. The normalized spacial score (nSPS) is 12.6. The molecule has 1 atom stereocenters. The van der Waals surface area contributed by atoms with Gasteiger partial charge in [0.2, 0.25) is 15.9 Å². The van der Waals surface area contributed by atoms with Crippen LogP contribution in [0.3, 0.4) is 0 Å². The van der Waals surface area contributed by atoms with Gasteiger partial charge in [-0.1, -0.05) is 30.3 Å². The van der Waals surface area contributed by atoms with Gasteiger partial charge in [-0.3, -0.25) is 4.79 Å². The third-order valence-electron chi connectivity index (χ3n) is 4.04. The first-order chi connectivity index (χ1) is 12.7. The second-order valence-electron chi connectivity index (χ2n) is 6.19. The lowest BCUT2D eigenvalue weighted by Gasteiger charge is -2.22. The van der Waals surface area contributed by atoms with Crippen molar-refractivity contribution in [2.75, 3.05) is 19.9 Å². The van der Waals surface area contributed by atoms with Crippen LogP contribution in [0.25, 0.3) is 0 Å². The summed E-state index contributed by atoms with van der Waals surface area (Å²) in [5.41, 5.74) is 1.38. The van der Waals surface area contributed by atoms with Crippen molar-refractivity contribution in [3.05, 3.63) is 65.5 Å². The number of halogens is 1. The van der Waals surface area contributed by atoms with Crippen molar-refractivity contribution in [2.24, 2.45) is 0 Å². The van der Waals surface area contributed by atoms with Gasteiger partial charge in [-0.25, -0.2) is 12.8 Å². The van der Waals surface area contributed by atoms with E-state index in [2.05, 4.69) is 5.32 Å². The largest absolute Gasteiger partial charge is 0.496 e. The van der Waals surface area contributed by atoms with Gasteiger partial charge in [0.05, 0.1) is 26.0 Å². The van der Waals surface area contributed by atoms with Crippen molar-refractivity contribution in [1.82, 2.24) is 9.62 Å². The zero-order valence-electron chi connectivity index (χ0n) is 15.5. The number of rotatable bonds is 8. The molecule has 0 aliphatic rings. The van der Waals surface area contributed by atoms with Crippen molar-refractivity contribution >= 4 is 15.9 Å². The number of methoxy groups -OCH3 is 1. The molecule has 0 fully saturated rings. The number of hydrogen-bond acceptors (Lipinski definition) is 4. The van der Waals surface area contributed by atoms with E-state index in [4.69, 9.17) is 4.74 Å². The van der Waals surface area contributed by atoms with Crippen molar-refractivity contribution in [1.29, 1.82) is 0 Å². The third kappa shape index (κ3) is 6.04. The van der Waals surface area contributed by atoms with E-state index in [1.54, 1.807) is 20.1 Å². The summed E-state index contributed by atoms with van der Waals surface area (Å²) in [5, 5.41) is 2.78. The van der Waals surface area contributed by atoms with Gasteiger partial charge in [0, 0.05) is 12.1 Å². The molecular formula is C19H23FN2O4S. The van der Waals surface area contributed by atoms with Crippen molar-refractivity contribution < 1.29 is 22.3 Å². The lowest BCUT2D eigenvalue weighted by Crippen LogP contribution is -2.40. The van der Waals surface area contributed by atoms with E-state index in [1.807, 2.05) is 18.2 Å². The molecule has 0 saturated heterocycles. The number of para-hydroxylation sites is 1. The molecule has 0 bridgehead atoms. The van der Waals surface area contributed by atoms with Crippen LogP contribution in [0.15, 0.2) is 48.5 Å². The number of ether oxygens (including phenoxy) is 1. The van der Waals surface area contributed by atoms with E-state index in [0.717, 1.165) is 16.1 Å². The average molecular weight is 394 g/mol. The molecule has 27 heavy (non-hydrogen) atoms. The Labute approximate surface area is 159 Å². The van der Waals surface area contributed by atoms with Gasteiger partial charge in [0.15, 0.2) is 0 Å². The third-order valence-corrected chi connectivity index (χ3v) is 5.24. The molecule has 0 heterocycles. The maximum atomic E-state index is 13.0. The molecule has 146 valence electrons. The first-order valence-corrected chi connectivity index (χ1v) is 10.2. The van der Waals surface area contributed by atoms with Gasteiger partial charge in [-0.05, 0) is 30.7 Å². The minimum Gasteiger partial charge on any atom is -0.496 e.